The monoisotopic (exact) mass is 371 g/mol. The Labute approximate surface area is 163 Å². The molecule has 0 bridgehead atoms. The molecular formula is C22H33N3O2. The SMILES string of the molecule is COC(=O)/C=C/c1ccc2c(c1)nc(CC(C)C)n2CC(C)(C)CN(C)C. The van der Waals surface area contributed by atoms with Gasteiger partial charge in [0.25, 0.3) is 0 Å². The number of aromatic nitrogens is 2. The van der Waals surface area contributed by atoms with Crippen LogP contribution in [0.5, 0.6) is 0 Å². The molecule has 0 aliphatic carbocycles. The number of imidazole rings is 1. The molecule has 2 aromatic rings. The Kier molecular flexibility index (Phi) is 6.82. The molecule has 0 spiro atoms. The highest BCUT2D eigenvalue weighted by Crippen LogP contribution is 2.26. The fourth-order valence-corrected chi connectivity index (χ4v) is 3.56. The lowest BCUT2D eigenvalue weighted by atomic mass is 9.92. The zero-order valence-electron chi connectivity index (χ0n) is 17.7. The van der Waals surface area contributed by atoms with Crippen molar-refractivity contribution in [2.45, 2.75) is 40.7 Å². The van der Waals surface area contributed by atoms with Gasteiger partial charge in [0.05, 0.1) is 18.1 Å². The van der Waals surface area contributed by atoms with Crippen LogP contribution in [-0.2, 0) is 22.5 Å². The van der Waals surface area contributed by atoms with Crippen molar-refractivity contribution in [3.05, 3.63) is 35.7 Å². The molecule has 0 unspecified atom stereocenters. The van der Waals surface area contributed by atoms with Crippen molar-refractivity contribution < 1.29 is 9.53 Å². The van der Waals surface area contributed by atoms with Gasteiger partial charge in [-0.1, -0.05) is 33.8 Å². The number of benzene rings is 1. The Morgan fingerprint density at radius 2 is 2.04 bits per heavy atom. The highest BCUT2D eigenvalue weighted by Gasteiger charge is 2.23. The van der Waals surface area contributed by atoms with E-state index >= 15 is 0 Å². The number of methoxy groups -OCH3 is 1. The number of ether oxygens (including phenoxy) is 1. The quantitative estimate of drug-likeness (QED) is 0.520. The molecule has 1 heterocycles. The Balaban J connectivity index is 2.44. The van der Waals surface area contributed by atoms with Gasteiger partial charge in [-0.25, -0.2) is 9.78 Å². The summed E-state index contributed by atoms with van der Waals surface area (Å²) in [6, 6.07) is 6.17. The van der Waals surface area contributed by atoms with Gasteiger partial charge in [0.15, 0.2) is 0 Å². The molecule has 0 saturated carbocycles. The molecule has 0 fully saturated rings. The molecule has 0 radical (unpaired) electrons. The van der Waals surface area contributed by atoms with E-state index in [1.54, 1.807) is 6.08 Å². The minimum atomic E-state index is -0.355. The van der Waals surface area contributed by atoms with E-state index in [9.17, 15) is 4.79 Å². The van der Waals surface area contributed by atoms with Crippen molar-refractivity contribution in [3.63, 3.8) is 0 Å². The van der Waals surface area contributed by atoms with E-state index in [4.69, 9.17) is 4.98 Å². The van der Waals surface area contributed by atoms with Gasteiger partial charge in [0.1, 0.15) is 5.82 Å². The number of hydrogen-bond acceptors (Lipinski definition) is 4. The Hall–Kier alpha value is -2.14. The molecule has 0 saturated heterocycles. The average Bonchev–Trinajstić information content (AvgIpc) is 2.86. The van der Waals surface area contributed by atoms with Gasteiger partial charge in [0, 0.05) is 25.6 Å². The highest BCUT2D eigenvalue weighted by molar-refractivity contribution is 5.88. The first kappa shape index (κ1) is 21.2. The van der Waals surface area contributed by atoms with Crippen LogP contribution in [-0.4, -0.2) is 48.2 Å². The second-order valence-corrected chi connectivity index (χ2v) is 8.72. The number of rotatable bonds is 8. The fourth-order valence-electron chi connectivity index (χ4n) is 3.56. The predicted octanol–water partition coefficient (Wildman–Crippen LogP) is 4.01. The van der Waals surface area contributed by atoms with Crippen LogP contribution in [0.2, 0.25) is 0 Å². The summed E-state index contributed by atoms with van der Waals surface area (Å²) in [5.74, 6) is 1.31. The minimum Gasteiger partial charge on any atom is -0.466 e. The van der Waals surface area contributed by atoms with Gasteiger partial charge in [-0.2, -0.15) is 0 Å². The molecule has 0 aliphatic rings. The van der Waals surface area contributed by atoms with Gasteiger partial charge in [0.2, 0.25) is 0 Å². The Morgan fingerprint density at radius 3 is 2.63 bits per heavy atom. The van der Waals surface area contributed by atoms with Crippen molar-refractivity contribution in [2.24, 2.45) is 11.3 Å². The number of carbonyl (C=O) groups is 1. The largest absolute Gasteiger partial charge is 0.466 e. The molecule has 0 N–H and O–H groups in total. The maximum absolute atomic E-state index is 11.3. The maximum atomic E-state index is 11.3. The zero-order valence-corrected chi connectivity index (χ0v) is 17.7. The van der Waals surface area contributed by atoms with Crippen LogP contribution < -0.4 is 0 Å². The lowest BCUT2D eigenvalue weighted by Crippen LogP contribution is -2.33. The van der Waals surface area contributed by atoms with Gasteiger partial charge >= 0.3 is 5.97 Å². The van der Waals surface area contributed by atoms with Crippen LogP contribution in [0.1, 0.15) is 39.1 Å². The summed E-state index contributed by atoms with van der Waals surface area (Å²) >= 11 is 0. The second-order valence-electron chi connectivity index (χ2n) is 8.72. The first-order valence-corrected chi connectivity index (χ1v) is 9.51. The van der Waals surface area contributed by atoms with Crippen molar-refractivity contribution in [2.75, 3.05) is 27.7 Å². The predicted molar refractivity (Wildman–Crippen MR) is 112 cm³/mol. The van der Waals surface area contributed by atoms with E-state index in [1.807, 2.05) is 12.1 Å². The molecule has 27 heavy (non-hydrogen) atoms. The molecule has 5 nitrogen and oxygen atoms in total. The van der Waals surface area contributed by atoms with Crippen LogP contribution in [0.15, 0.2) is 24.3 Å². The highest BCUT2D eigenvalue weighted by atomic mass is 16.5. The molecule has 2 rings (SSSR count). The van der Waals surface area contributed by atoms with Crippen LogP contribution in [0.3, 0.4) is 0 Å². The molecule has 0 atom stereocenters. The number of esters is 1. The lowest BCUT2D eigenvalue weighted by Gasteiger charge is -2.29. The minimum absolute atomic E-state index is 0.131. The number of nitrogens with zero attached hydrogens (tertiary/aromatic N) is 3. The number of carbonyl (C=O) groups excluding carboxylic acids is 1. The molecule has 0 amide bonds. The molecular weight excluding hydrogens is 338 g/mol. The summed E-state index contributed by atoms with van der Waals surface area (Å²) in [7, 11) is 5.61. The molecule has 0 aliphatic heterocycles. The summed E-state index contributed by atoms with van der Waals surface area (Å²) in [5.41, 5.74) is 3.19. The second kappa shape index (κ2) is 8.70. The zero-order chi connectivity index (χ0) is 20.2. The first-order chi connectivity index (χ1) is 12.6. The lowest BCUT2D eigenvalue weighted by molar-refractivity contribution is -0.134. The smallest absolute Gasteiger partial charge is 0.330 e. The molecule has 1 aromatic heterocycles. The van der Waals surface area contributed by atoms with E-state index in [0.29, 0.717) is 5.92 Å². The topological polar surface area (TPSA) is 47.4 Å². The van der Waals surface area contributed by atoms with E-state index in [1.165, 1.54) is 13.2 Å². The third kappa shape index (κ3) is 5.93. The van der Waals surface area contributed by atoms with Crippen molar-refractivity contribution >= 4 is 23.1 Å². The van der Waals surface area contributed by atoms with Gasteiger partial charge < -0.3 is 14.2 Å². The van der Waals surface area contributed by atoms with E-state index in [2.05, 4.69) is 62.1 Å². The van der Waals surface area contributed by atoms with E-state index < -0.39 is 0 Å². The summed E-state index contributed by atoms with van der Waals surface area (Å²) in [5, 5.41) is 0. The fraction of sp³-hybridized carbons (Fsp3) is 0.545. The summed E-state index contributed by atoms with van der Waals surface area (Å²) in [4.78, 5) is 18.5. The normalized spacial score (nSPS) is 12.6. The number of fused-ring (bicyclic) bond motifs is 1. The van der Waals surface area contributed by atoms with Crippen molar-refractivity contribution in [1.82, 2.24) is 14.5 Å². The summed E-state index contributed by atoms with van der Waals surface area (Å²) < 4.78 is 7.03. The van der Waals surface area contributed by atoms with E-state index in [0.717, 1.165) is 41.9 Å². The molecule has 1 aromatic carbocycles. The van der Waals surface area contributed by atoms with Gasteiger partial charge in [-0.05, 0) is 49.2 Å². The standard InChI is InChI=1S/C22H33N3O2/c1-16(2)12-20-23-18-13-17(9-11-21(26)27-7)8-10-19(18)25(20)15-22(3,4)14-24(5)6/h8-11,13,16H,12,14-15H2,1-7H3/b11-9+. The Morgan fingerprint density at radius 1 is 1.33 bits per heavy atom. The van der Waals surface area contributed by atoms with Crippen LogP contribution in [0.4, 0.5) is 0 Å². The van der Waals surface area contributed by atoms with Crippen molar-refractivity contribution in [1.29, 1.82) is 0 Å². The van der Waals surface area contributed by atoms with Gasteiger partial charge in [-0.3, -0.25) is 0 Å². The maximum Gasteiger partial charge on any atom is 0.330 e. The van der Waals surface area contributed by atoms with E-state index in [-0.39, 0.29) is 11.4 Å². The average molecular weight is 372 g/mol. The van der Waals surface area contributed by atoms with Crippen LogP contribution in [0, 0.1) is 11.3 Å². The van der Waals surface area contributed by atoms with Gasteiger partial charge in [-0.15, -0.1) is 0 Å². The van der Waals surface area contributed by atoms with Crippen LogP contribution in [0.25, 0.3) is 17.1 Å². The molecule has 148 valence electrons. The summed E-state index contributed by atoms with van der Waals surface area (Å²) in [6.07, 6.45) is 4.15. The Bertz CT molecular complexity index is 816. The number of hydrogen-bond donors (Lipinski definition) is 0. The third-order valence-corrected chi connectivity index (χ3v) is 4.39. The first-order valence-electron chi connectivity index (χ1n) is 9.51. The molecule has 5 heteroatoms. The third-order valence-electron chi connectivity index (χ3n) is 4.39. The van der Waals surface area contributed by atoms with Crippen molar-refractivity contribution in [3.8, 4) is 0 Å². The summed E-state index contributed by atoms with van der Waals surface area (Å²) in [6.45, 7) is 11.0. The van der Waals surface area contributed by atoms with Crippen LogP contribution >= 0.6 is 0 Å².